The van der Waals surface area contributed by atoms with E-state index >= 15 is 0 Å². The number of aromatic nitrogens is 3. The SMILES string of the molecule is COc1nc(-c2ccnc(-c3cccc(NC(=O)c4ccc(CNCCCF)cn4)c3Cl)c2Cl)ccc1CNC[C@H]1CCC(=O)N1. The van der Waals surface area contributed by atoms with Crippen molar-refractivity contribution in [3.05, 3.63) is 87.8 Å². The topological polar surface area (TPSA) is 130 Å². The number of amides is 2. The highest BCUT2D eigenvalue weighted by Gasteiger charge is 2.21. The highest BCUT2D eigenvalue weighted by atomic mass is 35.5. The predicted molar refractivity (Wildman–Crippen MR) is 177 cm³/mol. The van der Waals surface area contributed by atoms with Crippen molar-refractivity contribution < 1.29 is 18.7 Å². The number of pyridine rings is 3. The maximum absolute atomic E-state index is 13.0. The molecule has 0 bridgehead atoms. The lowest BCUT2D eigenvalue weighted by Crippen LogP contribution is -2.35. The van der Waals surface area contributed by atoms with Gasteiger partial charge in [-0.15, -0.1) is 0 Å². The van der Waals surface area contributed by atoms with Gasteiger partial charge in [0.25, 0.3) is 5.91 Å². The number of nitrogens with zero attached hydrogens (tertiary/aromatic N) is 3. The molecule has 1 aromatic carbocycles. The van der Waals surface area contributed by atoms with Crippen molar-refractivity contribution in [1.29, 1.82) is 0 Å². The molecule has 0 spiro atoms. The molecule has 2 amide bonds. The Labute approximate surface area is 276 Å². The maximum Gasteiger partial charge on any atom is 0.274 e. The van der Waals surface area contributed by atoms with E-state index in [1.54, 1.807) is 55.9 Å². The average Bonchev–Trinajstić information content (AvgIpc) is 3.49. The van der Waals surface area contributed by atoms with Crippen molar-refractivity contribution in [2.75, 3.05) is 32.2 Å². The number of anilines is 1. The molecule has 13 heteroatoms. The van der Waals surface area contributed by atoms with Crippen LogP contribution in [0.3, 0.4) is 0 Å². The van der Waals surface area contributed by atoms with Crippen molar-refractivity contribution in [1.82, 2.24) is 30.9 Å². The summed E-state index contributed by atoms with van der Waals surface area (Å²) in [6, 6.07) is 14.3. The van der Waals surface area contributed by atoms with E-state index in [2.05, 4.69) is 31.2 Å². The summed E-state index contributed by atoms with van der Waals surface area (Å²) in [5.41, 5.74) is 4.51. The van der Waals surface area contributed by atoms with E-state index in [4.69, 9.17) is 32.9 Å². The minimum Gasteiger partial charge on any atom is -0.481 e. The molecule has 4 heterocycles. The minimum atomic E-state index is -0.428. The Morgan fingerprint density at radius 1 is 1.04 bits per heavy atom. The van der Waals surface area contributed by atoms with Crippen LogP contribution in [0.4, 0.5) is 10.1 Å². The van der Waals surface area contributed by atoms with Gasteiger partial charge in [0.2, 0.25) is 11.8 Å². The molecule has 1 atom stereocenters. The Hall–Kier alpha value is -4.16. The van der Waals surface area contributed by atoms with Gasteiger partial charge < -0.3 is 26.0 Å². The Balaban J connectivity index is 1.30. The van der Waals surface area contributed by atoms with Crippen LogP contribution < -0.4 is 26.0 Å². The lowest BCUT2D eigenvalue weighted by atomic mass is 10.1. The number of carbonyl (C=O) groups is 2. The van der Waals surface area contributed by atoms with Crippen molar-refractivity contribution in [2.24, 2.45) is 0 Å². The van der Waals surface area contributed by atoms with Crippen LogP contribution in [0.15, 0.2) is 60.9 Å². The van der Waals surface area contributed by atoms with Gasteiger partial charge in [-0.1, -0.05) is 47.5 Å². The second kappa shape index (κ2) is 15.9. The molecule has 240 valence electrons. The number of carbonyl (C=O) groups excluding carboxylic acids is 2. The number of nitrogens with one attached hydrogen (secondary N) is 4. The highest BCUT2D eigenvalue weighted by Crippen LogP contribution is 2.40. The lowest BCUT2D eigenvalue weighted by molar-refractivity contribution is -0.119. The molecular formula is C33H34Cl2FN7O3. The van der Waals surface area contributed by atoms with E-state index in [1.165, 1.54) is 0 Å². The Bertz CT molecular complexity index is 1690. The van der Waals surface area contributed by atoms with E-state index in [1.807, 2.05) is 12.1 Å². The third kappa shape index (κ3) is 8.16. The number of ether oxygens (including phenoxy) is 1. The number of methoxy groups -OCH3 is 1. The molecule has 0 unspecified atom stereocenters. The number of hydrogen-bond acceptors (Lipinski definition) is 8. The zero-order chi connectivity index (χ0) is 32.5. The van der Waals surface area contributed by atoms with Gasteiger partial charge in [0, 0.05) is 61.2 Å². The second-order valence-electron chi connectivity index (χ2n) is 10.7. The molecule has 3 aromatic heterocycles. The summed E-state index contributed by atoms with van der Waals surface area (Å²) in [6.45, 7) is 1.90. The normalized spacial score (nSPS) is 14.3. The molecule has 0 saturated carbocycles. The molecule has 46 heavy (non-hydrogen) atoms. The third-order valence-corrected chi connectivity index (χ3v) is 8.25. The summed E-state index contributed by atoms with van der Waals surface area (Å²) in [7, 11) is 1.56. The largest absolute Gasteiger partial charge is 0.481 e. The predicted octanol–water partition coefficient (Wildman–Crippen LogP) is 5.59. The Morgan fingerprint density at radius 3 is 2.65 bits per heavy atom. The first-order chi connectivity index (χ1) is 22.4. The number of rotatable bonds is 14. The maximum atomic E-state index is 13.0. The molecule has 1 fully saturated rings. The summed E-state index contributed by atoms with van der Waals surface area (Å²) >= 11 is 13.7. The fraction of sp³-hybridized carbons (Fsp3) is 0.303. The molecule has 4 aromatic rings. The second-order valence-corrected chi connectivity index (χ2v) is 11.5. The van der Waals surface area contributed by atoms with Gasteiger partial charge in [-0.2, -0.15) is 0 Å². The average molecular weight is 667 g/mol. The molecule has 0 radical (unpaired) electrons. The lowest BCUT2D eigenvalue weighted by Gasteiger charge is -2.15. The molecule has 1 saturated heterocycles. The molecular weight excluding hydrogens is 632 g/mol. The highest BCUT2D eigenvalue weighted by molar-refractivity contribution is 6.39. The summed E-state index contributed by atoms with van der Waals surface area (Å²) in [5, 5.41) is 12.9. The standard InChI is InChI=1S/C33H34Cl2FN7O3/c1-46-33-21(18-38-19-22-8-11-28(44)41-22)7-10-25(43-33)23-12-15-39-31(30(23)35)24-4-2-5-26(29(24)34)42-32(45)27-9-6-20(17-40-27)16-37-14-3-13-36/h2,4-7,9-10,12,15,17,22,37-38H,3,8,11,13-14,16,18-19H2,1H3,(H,41,44)(H,42,45)/t22-/m1/s1. The van der Waals surface area contributed by atoms with Crippen LogP contribution in [0.5, 0.6) is 5.88 Å². The first-order valence-corrected chi connectivity index (χ1v) is 15.6. The number of benzene rings is 1. The van der Waals surface area contributed by atoms with E-state index in [0.29, 0.717) is 78.1 Å². The quantitative estimate of drug-likeness (QED) is 0.128. The molecule has 10 nitrogen and oxygen atoms in total. The van der Waals surface area contributed by atoms with E-state index in [9.17, 15) is 14.0 Å². The van der Waals surface area contributed by atoms with Crippen molar-refractivity contribution >= 4 is 40.7 Å². The van der Waals surface area contributed by atoms with Gasteiger partial charge in [-0.25, -0.2) is 4.98 Å². The number of halogens is 3. The Morgan fingerprint density at radius 2 is 1.91 bits per heavy atom. The zero-order valence-electron chi connectivity index (χ0n) is 25.2. The van der Waals surface area contributed by atoms with Crippen LogP contribution >= 0.6 is 23.2 Å². The van der Waals surface area contributed by atoms with Crippen LogP contribution in [0.25, 0.3) is 22.5 Å². The van der Waals surface area contributed by atoms with Crippen LogP contribution in [0.1, 0.15) is 40.9 Å². The van der Waals surface area contributed by atoms with Crippen molar-refractivity contribution in [2.45, 2.75) is 38.4 Å². The summed E-state index contributed by atoms with van der Waals surface area (Å²) < 4.78 is 17.9. The van der Waals surface area contributed by atoms with Gasteiger partial charge in [0.05, 0.1) is 40.9 Å². The third-order valence-electron chi connectivity index (χ3n) is 7.46. The minimum absolute atomic E-state index is 0.0813. The van der Waals surface area contributed by atoms with E-state index in [0.717, 1.165) is 17.5 Å². The number of hydrogen-bond donors (Lipinski definition) is 4. The van der Waals surface area contributed by atoms with Gasteiger partial charge in [0.15, 0.2) is 0 Å². The zero-order valence-corrected chi connectivity index (χ0v) is 26.7. The van der Waals surface area contributed by atoms with Crippen LogP contribution in [-0.4, -0.2) is 59.7 Å². The van der Waals surface area contributed by atoms with Crippen molar-refractivity contribution in [3.8, 4) is 28.4 Å². The monoisotopic (exact) mass is 665 g/mol. The molecule has 5 rings (SSSR count). The summed E-state index contributed by atoms with van der Waals surface area (Å²) in [4.78, 5) is 37.9. The molecule has 4 N–H and O–H groups in total. The molecule has 1 aliphatic rings. The van der Waals surface area contributed by atoms with Crippen LogP contribution in [0, 0.1) is 0 Å². The molecule has 1 aliphatic heterocycles. The molecule has 0 aliphatic carbocycles. The van der Waals surface area contributed by atoms with E-state index in [-0.39, 0.29) is 29.3 Å². The summed E-state index contributed by atoms with van der Waals surface area (Å²) in [6.07, 6.45) is 5.04. The first kappa shape index (κ1) is 33.2. The fourth-order valence-electron chi connectivity index (χ4n) is 5.06. The Kier molecular flexibility index (Phi) is 11.5. The van der Waals surface area contributed by atoms with Crippen LogP contribution in [0.2, 0.25) is 10.0 Å². The van der Waals surface area contributed by atoms with Gasteiger partial charge in [0.1, 0.15) is 5.69 Å². The van der Waals surface area contributed by atoms with Crippen molar-refractivity contribution in [3.63, 3.8) is 0 Å². The first-order valence-electron chi connectivity index (χ1n) is 14.9. The van der Waals surface area contributed by atoms with E-state index < -0.39 is 5.91 Å². The fourth-order valence-corrected chi connectivity index (χ4v) is 5.63. The van der Waals surface area contributed by atoms with Gasteiger partial charge >= 0.3 is 0 Å². The number of alkyl halides is 1. The van der Waals surface area contributed by atoms with Crippen LogP contribution in [-0.2, 0) is 17.9 Å². The summed E-state index contributed by atoms with van der Waals surface area (Å²) in [5.74, 6) is 0.104. The van der Waals surface area contributed by atoms with Gasteiger partial charge in [-0.3, -0.25) is 23.9 Å². The van der Waals surface area contributed by atoms with Gasteiger partial charge in [-0.05, 0) is 49.2 Å². The smallest absolute Gasteiger partial charge is 0.274 e.